The number of rotatable bonds is 2. The Balaban J connectivity index is 2.26. The summed E-state index contributed by atoms with van der Waals surface area (Å²) in [7, 11) is 1.51. The van der Waals surface area contributed by atoms with Crippen molar-refractivity contribution in [1.29, 1.82) is 21.2 Å². The van der Waals surface area contributed by atoms with E-state index in [4.69, 9.17) is 15.9 Å². The van der Waals surface area contributed by atoms with E-state index in [9.17, 15) is 20.6 Å². The molecule has 0 spiro atoms. The van der Waals surface area contributed by atoms with Crippen molar-refractivity contribution in [3.05, 3.63) is 41.5 Å². The first-order valence-corrected chi connectivity index (χ1v) is 8.62. The van der Waals surface area contributed by atoms with Gasteiger partial charge in [-0.15, -0.1) is 0 Å². The Morgan fingerprint density at radius 1 is 1.36 bits per heavy atom. The molecule has 2 amide bonds. The molecule has 1 heterocycles. The highest BCUT2D eigenvalue weighted by Gasteiger charge is 2.58. The number of carbonyl (C=O) groups is 1. The van der Waals surface area contributed by atoms with E-state index in [-0.39, 0.29) is 18.8 Å². The fourth-order valence-electron chi connectivity index (χ4n) is 4.20. The smallest absolute Gasteiger partial charge is 0.315 e. The van der Waals surface area contributed by atoms with Gasteiger partial charge in [-0.05, 0) is 23.3 Å². The molecule has 0 unspecified atom stereocenters. The van der Waals surface area contributed by atoms with Gasteiger partial charge in [-0.25, -0.2) is 4.79 Å². The van der Waals surface area contributed by atoms with Gasteiger partial charge in [-0.1, -0.05) is 18.2 Å². The van der Waals surface area contributed by atoms with Crippen LogP contribution in [-0.2, 0) is 0 Å². The van der Waals surface area contributed by atoms with Gasteiger partial charge in [0, 0.05) is 24.9 Å². The summed E-state index contributed by atoms with van der Waals surface area (Å²) in [4.78, 5) is 13.2. The van der Waals surface area contributed by atoms with E-state index in [1.54, 1.807) is 30.3 Å². The Labute approximate surface area is 162 Å². The van der Waals surface area contributed by atoms with Crippen LogP contribution in [-0.4, -0.2) is 36.8 Å². The van der Waals surface area contributed by atoms with Gasteiger partial charge in [0.25, 0.3) is 0 Å². The predicted octanol–water partition coefficient (Wildman–Crippen LogP) is 1.92. The lowest BCUT2D eigenvalue weighted by molar-refractivity contribution is 0.189. The van der Waals surface area contributed by atoms with Gasteiger partial charge >= 0.3 is 6.03 Å². The first-order valence-electron chi connectivity index (χ1n) is 8.62. The minimum Gasteiger partial charge on any atom is -0.497 e. The number of hydrogen-bond acceptors (Lipinski definition) is 6. The Morgan fingerprint density at radius 3 is 2.64 bits per heavy atom. The third-order valence-corrected chi connectivity index (χ3v) is 5.55. The monoisotopic (exact) mass is 374 g/mol. The molecule has 0 saturated heterocycles. The summed E-state index contributed by atoms with van der Waals surface area (Å²) in [6.45, 7) is 0.392. The van der Waals surface area contributed by atoms with Crippen molar-refractivity contribution in [2.45, 2.75) is 5.92 Å². The van der Waals surface area contributed by atoms with Crippen molar-refractivity contribution >= 4 is 11.7 Å². The number of urea groups is 1. The molecule has 8 heteroatoms. The third kappa shape index (κ3) is 2.66. The van der Waals surface area contributed by atoms with E-state index in [1.165, 1.54) is 12.0 Å². The Bertz CT molecular complexity index is 979. The van der Waals surface area contributed by atoms with Crippen LogP contribution in [0.3, 0.4) is 0 Å². The van der Waals surface area contributed by atoms with Crippen LogP contribution in [0.25, 0.3) is 0 Å². The zero-order valence-electron chi connectivity index (χ0n) is 15.2. The van der Waals surface area contributed by atoms with Crippen LogP contribution in [0.1, 0.15) is 11.5 Å². The lowest BCUT2D eigenvalue weighted by Gasteiger charge is -2.47. The molecule has 1 aliphatic carbocycles. The molecule has 2 aliphatic rings. The Morgan fingerprint density at radius 2 is 2.07 bits per heavy atom. The summed E-state index contributed by atoms with van der Waals surface area (Å²) >= 11 is 0. The lowest BCUT2D eigenvalue weighted by Crippen LogP contribution is -2.54. The molecule has 1 saturated carbocycles. The average molecular weight is 374 g/mol. The fraction of sp³-hybridized carbons (Fsp3) is 0.350. The number of nitrogens with two attached hydrogens (primary N) is 1. The zero-order chi connectivity index (χ0) is 20.5. The minimum absolute atomic E-state index is 0.166. The van der Waals surface area contributed by atoms with Crippen molar-refractivity contribution in [3.8, 4) is 24.0 Å². The van der Waals surface area contributed by atoms with Crippen LogP contribution < -0.4 is 10.5 Å². The van der Waals surface area contributed by atoms with Crippen LogP contribution in [0.2, 0.25) is 0 Å². The first-order chi connectivity index (χ1) is 13.4. The number of nitriles is 3. The molecule has 0 bridgehead atoms. The molecule has 3 atom stereocenters. The van der Waals surface area contributed by atoms with E-state index >= 15 is 0 Å². The fourth-order valence-corrected chi connectivity index (χ4v) is 4.20. The van der Waals surface area contributed by atoms with Crippen molar-refractivity contribution in [3.63, 3.8) is 0 Å². The van der Waals surface area contributed by atoms with Gasteiger partial charge in [0.05, 0.1) is 31.0 Å². The number of nitrogens with one attached hydrogen (secondary N) is 1. The molecular weight excluding hydrogens is 356 g/mol. The summed E-state index contributed by atoms with van der Waals surface area (Å²) in [5.74, 6) is -1.68. The summed E-state index contributed by atoms with van der Waals surface area (Å²) in [6, 6.07) is 12.4. The quantitative estimate of drug-likeness (QED) is 0.758. The predicted molar refractivity (Wildman–Crippen MR) is 99.0 cm³/mol. The molecule has 0 aromatic heterocycles. The topological polar surface area (TPSA) is 151 Å². The molecule has 28 heavy (non-hydrogen) atoms. The molecule has 0 radical (unpaired) electrons. The largest absolute Gasteiger partial charge is 0.497 e. The van der Waals surface area contributed by atoms with Crippen LogP contribution in [0, 0.1) is 56.7 Å². The van der Waals surface area contributed by atoms with Gasteiger partial charge in [-0.3, -0.25) is 0 Å². The number of nitrogens with zero attached hydrogens (tertiary/aromatic N) is 4. The highest BCUT2D eigenvalue weighted by molar-refractivity contribution is 6.01. The van der Waals surface area contributed by atoms with Crippen LogP contribution in [0.4, 0.5) is 4.79 Å². The molecule has 140 valence electrons. The average Bonchev–Trinajstić information content (AvgIpc) is 2.72. The summed E-state index contributed by atoms with van der Waals surface area (Å²) < 4.78 is 5.27. The van der Waals surface area contributed by atoms with Gasteiger partial charge in [0.1, 0.15) is 11.7 Å². The van der Waals surface area contributed by atoms with Gasteiger partial charge in [0.2, 0.25) is 0 Å². The normalized spacial score (nSPS) is 25.4. The molecule has 1 aromatic rings. The number of ether oxygens (including phenoxy) is 1. The number of hydrogen-bond donors (Lipinski definition) is 2. The molecule has 3 rings (SSSR count). The van der Waals surface area contributed by atoms with E-state index in [1.807, 2.05) is 12.1 Å². The number of carbonyl (C=O) groups excluding carboxylic acids is 1. The highest BCUT2D eigenvalue weighted by Crippen LogP contribution is 2.53. The lowest BCUT2D eigenvalue weighted by atomic mass is 9.54. The van der Waals surface area contributed by atoms with Crippen LogP contribution in [0.5, 0.6) is 5.75 Å². The van der Waals surface area contributed by atoms with Gasteiger partial charge in [0.15, 0.2) is 5.41 Å². The maximum atomic E-state index is 11.7. The third-order valence-electron chi connectivity index (χ3n) is 5.55. The standard InChI is InChI=1S/C20H18N6O2/c1-28-13-4-2-3-12(7-13)17-16-9-26(19(25)27)6-5-14(16)15(8-21)18(24)20(17,10-22)11-23/h2-5,7,15-17,24H,6,9H2,1H3,(H2,25,27)/t15-,16-,17-/m1/s1. The zero-order valence-corrected chi connectivity index (χ0v) is 15.2. The van der Waals surface area contributed by atoms with Crippen molar-refractivity contribution in [2.24, 2.45) is 23.0 Å². The number of benzene rings is 1. The number of methoxy groups -OCH3 is 1. The summed E-state index contributed by atoms with van der Waals surface area (Å²) in [6.07, 6.45) is 1.72. The second kappa shape index (κ2) is 7.06. The molecule has 8 nitrogen and oxygen atoms in total. The SMILES string of the molecule is COc1cccc([C@@H]2[C@@H]3CN(C(N)=O)CC=C3[C@@H](C#N)C(=N)C2(C#N)C#N)c1. The Kier molecular flexibility index (Phi) is 4.78. The van der Waals surface area contributed by atoms with Gasteiger partial charge in [-0.2, -0.15) is 15.8 Å². The summed E-state index contributed by atoms with van der Waals surface area (Å²) in [5.41, 5.74) is 4.66. The van der Waals surface area contributed by atoms with E-state index in [2.05, 4.69) is 6.07 Å². The maximum Gasteiger partial charge on any atom is 0.315 e. The van der Waals surface area contributed by atoms with Gasteiger partial charge < -0.3 is 20.8 Å². The molecule has 1 fully saturated rings. The summed E-state index contributed by atoms with van der Waals surface area (Å²) in [5, 5.41) is 38.1. The number of amides is 2. The number of primary amides is 1. The highest BCUT2D eigenvalue weighted by atomic mass is 16.5. The first kappa shape index (κ1) is 18.9. The van der Waals surface area contributed by atoms with E-state index < -0.39 is 29.2 Å². The molecule has 1 aromatic carbocycles. The maximum absolute atomic E-state index is 11.7. The molecule has 1 aliphatic heterocycles. The molecule has 3 N–H and O–H groups in total. The van der Waals surface area contributed by atoms with E-state index in [0.29, 0.717) is 16.9 Å². The van der Waals surface area contributed by atoms with Crippen molar-refractivity contribution < 1.29 is 9.53 Å². The van der Waals surface area contributed by atoms with E-state index in [0.717, 1.165) is 0 Å². The second-order valence-electron chi connectivity index (χ2n) is 6.82. The van der Waals surface area contributed by atoms with Crippen molar-refractivity contribution in [1.82, 2.24) is 4.90 Å². The number of fused-ring (bicyclic) bond motifs is 1. The Hall–Kier alpha value is -3.83. The van der Waals surface area contributed by atoms with Crippen LogP contribution >= 0.6 is 0 Å². The van der Waals surface area contributed by atoms with Crippen molar-refractivity contribution in [2.75, 3.05) is 20.2 Å². The second-order valence-corrected chi connectivity index (χ2v) is 6.82. The minimum atomic E-state index is -1.84. The molecular formula is C20H18N6O2. The van der Waals surface area contributed by atoms with Crippen LogP contribution in [0.15, 0.2) is 35.9 Å².